The number of amides is 1. The van der Waals surface area contributed by atoms with Crippen LogP contribution in [0, 0.1) is 13.8 Å². The number of alkyl halides is 2. The van der Waals surface area contributed by atoms with Crippen LogP contribution < -0.4 is 10.1 Å². The average Bonchev–Trinajstić information content (AvgIpc) is 3.18. The molecule has 0 radical (unpaired) electrons. The summed E-state index contributed by atoms with van der Waals surface area (Å²) in [4.78, 5) is 29.6. The van der Waals surface area contributed by atoms with Crippen LogP contribution in [0.1, 0.15) is 30.3 Å². The van der Waals surface area contributed by atoms with Crippen molar-refractivity contribution in [2.45, 2.75) is 46.3 Å². The van der Waals surface area contributed by atoms with E-state index in [0.717, 1.165) is 33.5 Å². The molecule has 0 aliphatic carbocycles. The third-order valence-electron chi connectivity index (χ3n) is 5.64. The maximum atomic E-state index is 12.6. The highest BCUT2D eigenvalue weighted by Crippen LogP contribution is 2.26. The zero-order valence-corrected chi connectivity index (χ0v) is 19.4. The molecule has 4 rings (SSSR count). The number of anilines is 1. The quantitative estimate of drug-likeness (QED) is 0.369. The Labute approximate surface area is 199 Å². The maximum absolute atomic E-state index is 12.6. The van der Waals surface area contributed by atoms with Crippen molar-refractivity contribution in [3.8, 4) is 5.75 Å². The second kappa shape index (κ2) is 10.0. The minimum absolute atomic E-state index is 0.0261. The van der Waals surface area contributed by atoms with E-state index in [1.807, 2.05) is 38.1 Å². The molecule has 10 heteroatoms. The third kappa shape index (κ3) is 5.21. The van der Waals surface area contributed by atoms with E-state index in [9.17, 15) is 18.4 Å². The van der Waals surface area contributed by atoms with Crippen molar-refractivity contribution < 1.29 is 27.8 Å². The van der Waals surface area contributed by atoms with Crippen LogP contribution in [0.5, 0.6) is 5.75 Å². The molecule has 0 fully saturated rings. The summed E-state index contributed by atoms with van der Waals surface area (Å²) in [6.45, 7) is 2.17. The van der Waals surface area contributed by atoms with Crippen LogP contribution in [0.2, 0.25) is 0 Å². The fourth-order valence-electron chi connectivity index (χ4n) is 3.88. The van der Waals surface area contributed by atoms with Crippen molar-refractivity contribution in [2.75, 3.05) is 5.32 Å². The number of aromatic nitrogens is 3. The first-order valence-corrected chi connectivity index (χ1v) is 11.0. The molecule has 2 aromatic heterocycles. The second-order valence-corrected chi connectivity index (χ2v) is 8.01. The van der Waals surface area contributed by atoms with Crippen LogP contribution in [-0.4, -0.2) is 39.2 Å². The van der Waals surface area contributed by atoms with Crippen LogP contribution in [0.4, 0.5) is 14.5 Å². The smallest absolute Gasteiger partial charge is 0.387 e. The zero-order chi connectivity index (χ0) is 25.1. The molecule has 0 saturated carbocycles. The van der Waals surface area contributed by atoms with Crippen molar-refractivity contribution in [3.63, 3.8) is 0 Å². The van der Waals surface area contributed by atoms with Gasteiger partial charge in [-0.2, -0.15) is 13.9 Å². The van der Waals surface area contributed by atoms with Crippen molar-refractivity contribution in [1.29, 1.82) is 0 Å². The van der Waals surface area contributed by atoms with Gasteiger partial charge in [0.25, 0.3) is 5.91 Å². The molecule has 4 aromatic rings. The number of fused-ring (bicyclic) bond motifs is 3. The minimum Gasteiger partial charge on any atom is -0.453 e. The van der Waals surface area contributed by atoms with Gasteiger partial charge in [-0.3, -0.25) is 9.59 Å². The van der Waals surface area contributed by atoms with E-state index in [-0.39, 0.29) is 17.9 Å². The first-order chi connectivity index (χ1) is 16.7. The lowest BCUT2D eigenvalue weighted by molar-refractivity contribution is -0.153. The number of esters is 1. The van der Waals surface area contributed by atoms with Crippen LogP contribution in [0.3, 0.4) is 0 Å². The number of hydrogen-bond acceptors (Lipinski definition) is 6. The van der Waals surface area contributed by atoms with Crippen molar-refractivity contribution >= 4 is 34.1 Å². The Hall–Kier alpha value is -4.08. The van der Waals surface area contributed by atoms with Gasteiger partial charge in [-0.15, -0.1) is 0 Å². The summed E-state index contributed by atoms with van der Waals surface area (Å²) in [6.07, 6.45) is -0.755. The standard InChI is InChI=1S/C25H24F2N4O4/c1-14-17(15(2)31-23(28-14)18-8-4-5-9-19(18)30-31)12-13-22(32)34-16(3)24(33)29-20-10-6-7-11-21(20)35-25(26)27/h4-11,16,25H,12-13H2,1-3H3,(H,29,33). The molecule has 0 spiro atoms. The fraction of sp³-hybridized carbons (Fsp3) is 0.280. The molecule has 0 bridgehead atoms. The van der Waals surface area contributed by atoms with Crippen LogP contribution in [-0.2, 0) is 20.7 Å². The number of carbonyl (C=O) groups is 2. The molecule has 8 nitrogen and oxygen atoms in total. The molecule has 2 heterocycles. The number of benzene rings is 2. The van der Waals surface area contributed by atoms with Gasteiger partial charge < -0.3 is 14.8 Å². The van der Waals surface area contributed by atoms with Gasteiger partial charge >= 0.3 is 12.6 Å². The van der Waals surface area contributed by atoms with E-state index in [2.05, 4.69) is 20.1 Å². The van der Waals surface area contributed by atoms with Gasteiger partial charge in [-0.25, -0.2) is 9.50 Å². The van der Waals surface area contributed by atoms with Crippen LogP contribution in [0.25, 0.3) is 16.6 Å². The monoisotopic (exact) mass is 482 g/mol. The Morgan fingerprint density at radius 1 is 1.09 bits per heavy atom. The molecular formula is C25H24F2N4O4. The van der Waals surface area contributed by atoms with Crippen molar-refractivity contribution in [1.82, 2.24) is 14.6 Å². The number of aryl methyl sites for hydroxylation is 2. The molecule has 35 heavy (non-hydrogen) atoms. The van der Waals surface area contributed by atoms with Gasteiger partial charge in [0.05, 0.1) is 11.2 Å². The first kappa shape index (κ1) is 24.1. The molecule has 0 aliphatic rings. The number of nitrogens with one attached hydrogen (secondary N) is 1. The largest absolute Gasteiger partial charge is 0.453 e. The van der Waals surface area contributed by atoms with E-state index in [0.29, 0.717) is 6.42 Å². The molecular weight excluding hydrogens is 458 g/mol. The second-order valence-electron chi connectivity index (χ2n) is 8.01. The Kier molecular flexibility index (Phi) is 6.90. The summed E-state index contributed by atoms with van der Waals surface area (Å²) in [5.74, 6) is -1.42. The number of halogens is 2. The molecule has 1 unspecified atom stereocenters. The summed E-state index contributed by atoms with van der Waals surface area (Å²) in [5, 5.41) is 8.01. The minimum atomic E-state index is -3.04. The average molecular weight is 482 g/mol. The number of nitrogens with zero attached hydrogens (tertiary/aromatic N) is 3. The number of ether oxygens (including phenoxy) is 2. The van der Waals surface area contributed by atoms with Crippen molar-refractivity contribution in [3.05, 3.63) is 65.5 Å². The number of rotatable bonds is 8. The maximum Gasteiger partial charge on any atom is 0.387 e. The Morgan fingerprint density at radius 3 is 2.57 bits per heavy atom. The lowest BCUT2D eigenvalue weighted by Gasteiger charge is -2.16. The summed E-state index contributed by atoms with van der Waals surface area (Å²) >= 11 is 0. The molecule has 0 aliphatic heterocycles. The van der Waals surface area contributed by atoms with E-state index >= 15 is 0 Å². The number of carbonyl (C=O) groups excluding carboxylic acids is 2. The van der Waals surface area contributed by atoms with Crippen LogP contribution in [0.15, 0.2) is 48.5 Å². The summed E-state index contributed by atoms with van der Waals surface area (Å²) in [6, 6.07) is 13.5. The van der Waals surface area contributed by atoms with Gasteiger partial charge in [0, 0.05) is 23.2 Å². The highest BCUT2D eigenvalue weighted by molar-refractivity contribution is 5.96. The van der Waals surface area contributed by atoms with E-state index < -0.39 is 24.6 Å². The number of hydrogen-bond donors (Lipinski definition) is 1. The summed E-state index contributed by atoms with van der Waals surface area (Å²) in [7, 11) is 0. The third-order valence-corrected chi connectivity index (χ3v) is 5.64. The SMILES string of the molecule is Cc1nc2c3ccccc3nn2c(C)c1CCC(=O)OC(C)C(=O)Nc1ccccc1OC(F)F. The lowest BCUT2D eigenvalue weighted by Crippen LogP contribution is -2.30. The summed E-state index contributed by atoms with van der Waals surface area (Å²) < 4.78 is 36.6. The number of para-hydroxylation sites is 2. The first-order valence-electron chi connectivity index (χ1n) is 11.0. The lowest BCUT2D eigenvalue weighted by atomic mass is 10.1. The Bertz CT molecular complexity index is 1400. The topological polar surface area (TPSA) is 94.8 Å². The molecule has 0 saturated heterocycles. The fourth-order valence-corrected chi connectivity index (χ4v) is 3.88. The van der Waals surface area contributed by atoms with Gasteiger partial charge in [0.1, 0.15) is 5.75 Å². The molecule has 1 amide bonds. The van der Waals surface area contributed by atoms with Gasteiger partial charge in [-0.05, 0) is 57.0 Å². The highest BCUT2D eigenvalue weighted by Gasteiger charge is 2.21. The Balaban J connectivity index is 1.40. The normalized spacial score (nSPS) is 12.2. The van der Waals surface area contributed by atoms with E-state index in [4.69, 9.17) is 4.74 Å². The van der Waals surface area contributed by atoms with Gasteiger partial charge in [0.2, 0.25) is 0 Å². The Morgan fingerprint density at radius 2 is 1.80 bits per heavy atom. The predicted molar refractivity (Wildman–Crippen MR) is 126 cm³/mol. The van der Waals surface area contributed by atoms with Gasteiger partial charge in [-0.1, -0.05) is 24.3 Å². The summed E-state index contributed by atoms with van der Waals surface area (Å²) in [5.41, 5.74) is 4.17. The van der Waals surface area contributed by atoms with Crippen LogP contribution >= 0.6 is 0 Å². The van der Waals surface area contributed by atoms with Crippen molar-refractivity contribution in [2.24, 2.45) is 0 Å². The molecule has 1 atom stereocenters. The van der Waals surface area contributed by atoms with Gasteiger partial charge in [0.15, 0.2) is 11.8 Å². The van der Waals surface area contributed by atoms with E-state index in [1.54, 1.807) is 10.6 Å². The molecule has 1 N–H and O–H groups in total. The molecule has 182 valence electrons. The predicted octanol–water partition coefficient (Wildman–Crippen LogP) is 4.60. The highest BCUT2D eigenvalue weighted by atomic mass is 19.3. The van der Waals surface area contributed by atoms with E-state index in [1.165, 1.54) is 25.1 Å². The molecule has 2 aromatic carbocycles. The zero-order valence-electron chi connectivity index (χ0n) is 19.4.